The third-order valence-electron chi connectivity index (χ3n) is 2.56. The molecule has 0 aliphatic carbocycles. The Kier molecular flexibility index (Phi) is 2.61. The first-order chi connectivity index (χ1) is 7.48. The van der Waals surface area contributed by atoms with Crippen LogP contribution >= 0.6 is 0 Å². The molecule has 0 saturated carbocycles. The summed E-state index contributed by atoms with van der Waals surface area (Å²) in [5, 5.41) is 0. The molecule has 1 saturated heterocycles. The molecule has 1 aliphatic rings. The number of cyclic esters (lactones) is 1. The summed E-state index contributed by atoms with van der Waals surface area (Å²) in [5.74, 6) is -1.72. The fourth-order valence-electron chi connectivity index (χ4n) is 1.85. The molecule has 86 valence electrons. The van der Waals surface area contributed by atoms with E-state index in [1.807, 2.05) is 0 Å². The lowest BCUT2D eigenvalue weighted by atomic mass is 9.92. The first-order valence-electron chi connectivity index (χ1n) is 4.79. The van der Waals surface area contributed by atoms with E-state index in [-0.39, 0.29) is 6.42 Å². The van der Waals surface area contributed by atoms with E-state index in [9.17, 15) is 18.0 Å². The van der Waals surface area contributed by atoms with E-state index in [2.05, 4.69) is 4.74 Å². The molecule has 2 unspecified atom stereocenters. The molecule has 5 heteroatoms. The van der Waals surface area contributed by atoms with Gasteiger partial charge in [0.25, 0.3) is 0 Å². The normalized spacial score (nSPS) is 25.6. The minimum Gasteiger partial charge on any atom is -0.452 e. The van der Waals surface area contributed by atoms with Crippen molar-refractivity contribution in [2.45, 2.75) is 24.6 Å². The molecule has 2 rings (SSSR count). The molecule has 1 heterocycles. The zero-order valence-electron chi connectivity index (χ0n) is 8.20. The van der Waals surface area contributed by atoms with Gasteiger partial charge in [-0.15, -0.1) is 0 Å². The van der Waals surface area contributed by atoms with E-state index in [1.165, 1.54) is 0 Å². The van der Waals surface area contributed by atoms with Crippen molar-refractivity contribution >= 4 is 5.97 Å². The molecular weight excluding hydrogens is 221 g/mol. The molecule has 2 nitrogen and oxygen atoms in total. The number of carbonyl (C=O) groups is 1. The highest BCUT2D eigenvalue weighted by Crippen LogP contribution is 2.40. The van der Waals surface area contributed by atoms with Crippen LogP contribution in [-0.2, 0) is 9.53 Å². The van der Waals surface area contributed by atoms with Gasteiger partial charge in [-0.2, -0.15) is 13.2 Å². The molecule has 0 bridgehead atoms. The van der Waals surface area contributed by atoms with Crippen LogP contribution in [0.3, 0.4) is 0 Å². The summed E-state index contributed by atoms with van der Waals surface area (Å²) in [5.41, 5.74) is 0.482. The van der Waals surface area contributed by atoms with Crippen LogP contribution in [-0.4, -0.2) is 18.2 Å². The van der Waals surface area contributed by atoms with Gasteiger partial charge >= 0.3 is 12.1 Å². The van der Waals surface area contributed by atoms with Crippen molar-refractivity contribution in [1.29, 1.82) is 0 Å². The largest absolute Gasteiger partial charge is 0.452 e. The lowest BCUT2D eigenvalue weighted by Crippen LogP contribution is -2.32. The SMILES string of the molecule is O=C1CC(c2ccccc2)C(C(F)(F)F)O1. The fraction of sp³-hybridized carbons (Fsp3) is 0.364. The smallest absolute Gasteiger partial charge is 0.426 e. The highest BCUT2D eigenvalue weighted by molar-refractivity contribution is 5.73. The van der Waals surface area contributed by atoms with Crippen LogP contribution < -0.4 is 0 Å². The third kappa shape index (κ3) is 2.03. The maximum atomic E-state index is 12.6. The fourth-order valence-corrected chi connectivity index (χ4v) is 1.85. The molecule has 0 aromatic heterocycles. The molecule has 1 aromatic rings. The zero-order chi connectivity index (χ0) is 11.8. The van der Waals surface area contributed by atoms with E-state index >= 15 is 0 Å². The molecule has 1 aromatic carbocycles. The van der Waals surface area contributed by atoms with Crippen molar-refractivity contribution in [3.05, 3.63) is 35.9 Å². The molecule has 0 radical (unpaired) electrons. The number of hydrogen-bond acceptors (Lipinski definition) is 2. The van der Waals surface area contributed by atoms with Crippen molar-refractivity contribution in [3.63, 3.8) is 0 Å². The molecule has 2 atom stereocenters. The Bertz CT molecular complexity index is 386. The highest BCUT2D eigenvalue weighted by Gasteiger charge is 2.52. The standard InChI is InChI=1S/C11H9F3O2/c12-11(13,14)10-8(6-9(15)16-10)7-4-2-1-3-5-7/h1-5,8,10H,6H2. The number of carbonyl (C=O) groups excluding carboxylic acids is 1. The first-order valence-corrected chi connectivity index (χ1v) is 4.79. The summed E-state index contributed by atoms with van der Waals surface area (Å²) in [7, 11) is 0. The van der Waals surface area contributed by atoms with Crippen LogP contribution in [0.15, 0.2) is 30.3 Å². The van der Waals surface area contributed by atoms with Gasteiger partial charge in [0.15, 0.2) is 0 Å². The van der Waals surface area contributed by atoms with Crippen LogP contribution in [0.25, 0.3) is 0 Å². The second-order valence-corrected chi connectivity index (χ2v) is 3.67. The summed E-state index contributed by atoms with van der Waals surface area (Å²) in [6.07, 6.45) is -6.73. The summed E-state index contributed by atoms with van der Waals surface area (Å²) >= 11 is 0. The van der Waals surface area contributed by atoms with Crippen molar-refractivity contribution in [3.8, 4) is 0 Å². The van der Waals surface area contributed by atoms with Gasteiger partial charge < -0.3 is 4.74 Å². The number of alkyl halides is 3. The van der Waals surface area contributed by atoms with Gasteiger partial charge in [0.05, 0.1) is 6.42 Å². The lowest BCUT2D eigenvalue weighted by Gasteiger charge is -2.20. The molecule has 16 heavy (non-hydrogen) atoms. The van der Waals surface area contributed by atoms with Gasteiger partial charge in [0.2, 0.25) is 6.10 Å². The minimum absolute atomic E-state index is 0.214. The summed E-state index contributed by atoms with van der Waals surface area (Å²) < 4.78 is 42.1. The van der Waals surface area contributed by atoms with Gasteiger partial charge in [-0.25, -0.2) is 0 Å². The molecule has 0 amide bonds. The summed E-state index contributed by atoms with van der Waals surface area (Å²) in [6, 6.07) is 8.15. The average molecular weight is 230 g/mol. The van der Waals surface area contributed by atoms with Gasteiger partial charge in [-0.1, -0.05) is 30.3 Å². The number of benzene rings is 1. The van der Waals surface area contributed by atoms with Crippen LogP contribution in [0.1, 0.15) is 17.9 Å². The van der Waals surface area contributed by atoms with Crippen LogP contribution in [0.5, 0.6) is 0 Å². The van der Waals surface area contributed by atoms with E-state index in [0.717, 1.165) is 0 Å². The van der Waals surface area contributed by atoms with Gasteiger partial charge in [0.1, 0.15) is 0 Å². The third-order valence-corrected chi connectivity index (χ3v) is 2.56. The minimum atomic E-state index is -4.51. The second kappa shape index (κ2) is 3.81. The Morgan fingerprint density at radius 3 is 2.38 bits per heavy atom. The van der Waals surface area contributed by atoms with E-state index in [1.54, 1.807) is 30.3 Å². The Morgan fingerprint density at radius 2 is 1.81 bits per heavy atom. The predicted octanol–water partition coefficient (Wildman–Crippen LogP) is 2.65. The highest BCUT2D eigenvalue weighted by atomic mass is 19.4. The molecular formula is C11H9F3O2. The number of halogens is 3. The van der Waals surface area contributed by atoms with Crippen molar-refractivity contribution in [2.75, 3.05) is 0 Å². The zero-order valence-corrected chi connectivity index (χ0v) is 8.20. The van der Waals surface area contributed by atoms with E-state index in [0.29, 0.717) is 5.56 Å². The maximum absolute atomic E-state index is 12.6. The van der Waals surface area contributed by atoms with Crippen molar-refractivity contribution in [2.24, 2.45) is 0 Å². The Balaban J connectivity index is 2.30. The van der Waals surface area contributed by atoms with E-state index in [4.69, 9.17) is 0 Å². The molecule has 0 N–H and O–H groups in total. The topological polar surface area (TPSA) is 26.3 Å². The van der Waals surface area contributed by atoms with Gasteiger partial charge in [0, 0.05) is 5.92 Å². The second-order valence-electron chi connectivity index (χ2n) is 3.67. The number of hydrogen-bond donors (Lipinski definition) is 0. The van der Waals surface area contributed by atoms with Crippen LogP contribution in [0, 0.1) is 0 Å². The number of esters is 1. The molecule has 0 spiro atoms. The monoisotopic (exact) mass is 230 g/mol. The Morgan fingerprint density at radius 1 is 1.19 bits per heavy atom. The number of ether oxygens (including phenoxy) is 1. The summed E-state index contributed by atoms with van der Waals surface area (Å²) in [4.78, 5) is 11.0. The van der Waals surface area contributed by atoms with E-state index < -0.39 is 24.2 Å². The van der Waals surface area contributed by atoms with Crippen LogP contribution in [0.2, 0.25) is 0 Å². The predicted molar refractivity (Wildman–Crippen MR) is 49.7 cm³/mol. The average Bonchev–Trinajstić information content (AvgIpc) is 2.61. The quantitative estimate of drug-likeness (QED) is 0.693. The van der Waals surface area contributed by atoms with Crippen molar-refractivity contribution < 1.29 is 22.7 Å². The first kappa shape index (κ1) is 11.0. The Hall–Kier alpha value is -1.52. The summed E-state index contributed by atoms with van der Waals surface area (Å²) in [6.45, 7) is 0. The van der Waals surface area contributed by atoms with Gasteiger partial charge in [-0.05, 0) is 5.56 Å². The molecule has 1 aliphatic heterocycles. The number of rotatable bonds is 1. The lowest BCUT2D eigenvalue weighted by molar-refractivity contribution is -0.212. The Labute approximate surface area is 90.0 Å². The maximum Gasteiger partial charge on any atom is 0.426 e. The van der Waals surface area contributed by atoms with Crippen LogP contribution in [0.4, 0.5) is 13.2 Å². The van der Waals surface area contributed by atoms with Crippen molar-refractivity contribution in [1.82, 2.24) is 0 Å². The van der Waals surface area contributed by atoms with Gasteiger partial charge in [-0.3, -0.25) is 4.79 Å². The molecule has 1 fully saturated rings.